The average molecular weight is 381 g/mol. The average Bonchev–Trinajstić information content (AvgIpc) is 2.68. The van der Waals surface area contributed by atoms with E-state index in [1.807, 2.05) is 44.2 Å². The van der Waals surface area contributed by atoms with Crippen LogP contribution in [0.3, 0.4) is 0 Å². The van der Waals surface area contributed by atoms with Gasteiger partial charge in [0.1, 0.15) is 12.3 Å². The highest BCUT2D eigenvalue weighted by Gasteiger charge is 2.28. The molecule has 7 heteroatoms. The van der Waals surface area contributed by atoms with Crippen LogP contribution in [0, 0.1) is 0 Å². The summed E-state index contributed by atoms with van der Waals surface area (Å²) in [5.74, 6) is -0.392. The molecule has 3 rings (SSSR count). The molecule has 1 aliphatic rings. The lowest BCUT2D eigenvalue weighted by atomic mass is 10.1. The van der Waals surface area contributed by atoms with Crippen molar-refractivity contribution in [3.63, 3.8) is 0 Å². The summed E-state index contributed by atoms with van der Waals surface area (Å²) in [7, 11) is 0. The fourth-order valence-electron chi connectivity index (χ4n) is 2.91. The van der Waals surface area contributed by atoms with Gasteiger partial charge < -0.3 is 15.4 Å². The summed E-state index contributed by atoms with van der Waals surface area (Å²) in [6.45, 7) is 3.83. The molecule has 2 aromatic rings. The van der Waals surface area contributed by atoms with Crippen LogP contribution in [0.5, 0.6) is 5.75 Å². The molecule has 0 bridgehead atoms. The number of ether oxygens (including phenoxy) is 1. The summed E-state index contributed by atoms with van der Waals surface area (Å²) in [6.07, 6.45) is 0. The summed E-state index contributed by atoms with van der Waals surface area (Å²) in [4.78, 5) is 38.3. The quantitative estimate of drug-likeness (QED) is 0.800. The van der Waals surface area contributed by atoms with Crippen LogP contribution in [0.25, 0.3) is 0 Å². The van der Waals surface area contributed by atoms with Crippen molar-refractivity contribution in [2.24, 2.45) is 0 Å². The highest BCUT2D eigenvalue weighted by molar-refractivity contribution is 6.04. The Hall–Kier alpha value is -3.35. The number of carbonyl (C=O) groups excluding carboxylic acids is 3. The molecule has 0 aromatic heterocycles. The van der Waals surface area contributed by atoms with E-state index in [2.05, 4.69) is 10.6 Å². The number of fused-ring (bicyclic) bond motifs is 1. The molecule has 0 radical (unpaired) electrons. The number of hydrogen-bond donors (Lipinski definition) is 2. The van der Waals surface area contributed by atoms with Crippen LogP contribution in [0.2, 0.25) is 0 Å². The molecule has 28 heavy (non-hydrogen) atoms. The van der Waals surface area contributed by atoms with E-state index in [1.54, 1.807) is 18.2 Å². The van der Waals surface area contributed by atoms with Crippen molar-refractivity contribution < 1.29 is 19.1 Å². The van der Waals surface area contributed by atoms with E-state index in [9.17, 15) is 14.4 Å². The lowest BCUT2D eigenvalue weighted by Crippen LogP contribution is -2.46. The number of anilines is 1. The van der Waals surface area contributed by atoms with Gasteiger partial charge in [0.05, 0.1) is 5.69 Å². The Bertz CT molecular complexity index is 880. The monoisotopic (exact) mass is 381 g/mol. The molecule has 7 nitrogen and oxygen atoms in total. The maximum absolute atomic E-state index is 12.5. The van der Waals surface area contributed by atoms with Gasteiger partial charge in [0.25, 0.3) is 11.8 Å². The van der Waals surface area contributed by atoms with Crippen LogP contribution in [-0.4, -0.2) is 36.9 Å². The van der Waals surface area contributed by atoms with Crippen molar-refractivity contribution in [2.45, 2.75) is 26.4 Å². The fourth-order valence-corrected chi connectivity index (χ4v) is 2.91. The first-order valence-electron chi connectivity index (χ1n) is 9.12. The van der Waals surface area contributed by atoms with Crippen LogP contribution >= 0.6 is 0 Å². The maximum atomic E-state index is 12.5. The summed E-state index contributed by atoms with van der Waals surface area (Å²) in [6, 6.07) is 14.4. The largest absolute Gasteiger partial charge is 0.482 e. The molecule has 0 saturated heterocycles. The molecule has 0 aliphatic carbocycles. The zero-order valence-corrected chi connectivity index (χ0v) is 15.9. The molecule has 0 fully saturated rings. The minimum Gasteiger partial charge on any atom is -0.482 e. The fraction of sp³-hybridized carbons (Fsp3) is 0.286. The number of benzene rings is 2. The summed E-state index contributed by atoms with van der Waals surface area (Å²) < 4.78 is 5.44. The number of nitrogens with one attached hydrogen (secondary N) is 2. The molecule has 0 spiro atoms. The van der Waals surface area contributed by atoms with Crippen molar-refractivity contribution >= 4 is 23.4 Å². The molecule has 146 valence electrons. The number of carbonyl (C=O) groups is 3. The lowest BCUT2D eigenvalue weighted by Gasteiger charge is -2.29. The number of nitrogens with zero attached hydrogens (tertiary/aromatic N) is 1. The predicted octanol–water partition coefficient (Wildman–Crippen LogP) is 1.87. The third-order valence-corrected chi connectivity index (χ3v) is 4.21. The molecule has 1 heterocycles. The van der Waals surface area contributed by atoms with Crippen LogP contribution in [0.1, 0.15) is 29.8 Å². The summed E-state index contributed by atoms with van der Waals surface area (Å²) in [5.41, 5.74) is 1.80. The van der Waals surface area contributed by atoms with Crippen molar-refractivity contribution in [1.82, 2.24) is 10.6 Å². The molecular weight excluding hydrogens is 358 g/mol. The van der Waals surface area contributed by atoms with Gasteiger partial charge in [0, 0.05) is 18.2 Å². The van der Waals surface area contributed by atoms with Crippen molar-refractivity contribution in [2.75, 3.05) is 18.1 Å². The van der Waals surface area contributed by atoms with E-state index >= 15 is 0 Å². The van der Waals surface area contributed by atoms with Gasteiger partial charge >= 0.3 is 0 Å². The second-order valence-electron chi connectivity index (χ2n) is 6.84. The molecule has 3 amide bonds. The van der Waals surface area contributed by atoms with Gasteiger partial charge in [-0.15, -0.1) is 0 Å². The van der Waals surface area contributed by atoms with E-state index in [-0.39, 0.29) is 36.9 Å². The Labute approximate surface area is 163 Å². The van der Waals surface area contributed by atoms with Gasteiger partial charge in [-0.05, 0) is 37.6 Å². The Balaban J connectivity index is 1.76. The number of amides is 3. The second-order valence-corrected chi connectivity index (χ2v) is 6.84. The minimum absolute atomic E-state index is 0.0294. The standard InChI is InChI=1S/C21H23N3O4/c1-14(2)23-19(25)12-24-17-10-16(8-9-18(17)28-13-20(24)26)21(27)22-11-15-6-4-3-5-7-15/h3-10,14H,11-13H2,1-2H3,(H,22,27)(H,23,25). The molecule has 2 aromatic carbocycles. The third-order valence-electron chi connectivity index (χ3n) is 4.21. The van der Waals surface area contributed by atoms with E-state index < -0.39 is 0 Å². The molecule has 0 unspecified atom stereocenters. The summed E-state index contributed by atoms with van der Waals surface area (Å²) in [5, 5.41) is 5.62. The van der Waals surface area contributed by atoms with E-state index in [4.69, 9.17) is 4.74 Å². The van der Waals surface area contributed by atoms with Crippen LogP contribution in [-0.2, 0) is 16.1 Å². The topological polar surface area (TPSA) is 87.7 Å². The third kappa shape index (κ3) is 4.68. The number of hydrogen-bond acceptors (Lipinski definition) is 4. The van der Waals surface area contributed by atoms with Gasteiger partial charge in [-0.1, -0.05) is 30.3 Å². The normalized spacial score (nSPS) is 13.0. The van der Waals surface area contributed by atoms with E-state index in [0.717, 1.165) is 5.56 Å². The van der Waals surface area contributed by atoms with Crippen LogP contribution in [0.15, 0.2) is 48.5 Å². The molecule has 1 aliphatic heterocycles. The first-order chi connectivity index (χ1) is 13.4. The Morgan fingerprint density at radius 1 is 1.14 bits per heavy atom. The minimum atomic E-state index is -0.326. The predicted molar refractivity (Wildman–Crippen MR) is 105 cm³/mol. The molecule has 0 atom stereocenters. The van der Waals surface area contributed by atoms with Gasteiger partial charge in [-0.3, -0.25) is 19.3 Å². The summed E-state index contributed by atoms with van der Waals surface area (Å²) >= 11 is 0. The molecule has 2 N–H and O–H groups in total. The SMILES string of the molecule is CC(C)NC(=O)CN1C(=O)COc2ccc(C(=O)NCc3ccccc3)cc21. The zero-order valence-electron chi connectivity index (χ0n) is 15.9. The van der Waals surface area contributed by atoms with E-state index in [1.165, 1.54) is 4.90 Å². The van der Waals surface area contributed by atoms with Gasteiger partial charge in [-0.2, -0.15) is 0 Å². The van der Waals surface area contributed by atoms with Crippen molar-refractivity contribution in [3.05, 3.63) is 59.7 Å². The Morgan fingerprint density at radius 3 is 2.61 bits per heavy atom. The Morgan fingerprint density at radius 2 is 1.89 bits per heavy atom. The van der Waals surface area contributed by atoms with Gasteiger partial charge in [0.2, 0.25) is 5.91 Å². The van der Waals surface area contributed by atoms with Crippen LogP contribution in [0.4, 0.5) is 5.69 Å². The van der Waals surface area contributed by atoms with Crippen molar-refractivity contribution in [1.29, 1.82) is 0 Å². The lowest BCUT2D eigenvalue weighted by molar-refractivity contribution is -0.125. The van der Waals surface area contributed by atoms with E-state index in [0.29, 0.717) is 23.5 Å². The van der Waals surface area contributed by atoms with Crippen LogP contribution < -0.4 is 20.3 Å². The van der Waals surface area contributed by atoms with Crippen molar-refractivity contribution in [3.8, 4) is 5.75 Å². The maximum Gasteiger partial charge on any atom is 0.265 e. The highest BCUT2D eigenvalue weighted by atomic mass is 16.5. The highest BCUT2D eigenvalue weighted by Crippen LogP contribution is 2.32. The number of rotatable bonds is 6. The first-order valence-corrected chi connectivity index (χ1v) is 9.12. The van der Waals surface area contributed by atoms with Gasteiger partial charge in [0.15, 0.2) is 6.61 Å². The molecule has 0 saturated carbocycles. The Kier molecular flexibility index (Phi) is 5.93. The smallest absolute Gasteiger partial charge is 0.265 e. The molecular formula is C21H23N3O4. The zero-order chi connectivity index (χ0) is 20.1. The first kappa shape index (κ1) is 19.4. The van der Waals surface area contributed by atoms with Gasteiger partial charge in [-0.25, -0.2) is 0 Å². The second kappa shape index (κ2) is 8.56.